The van der Waals surface area contributed by atoms with Gasteiger partial charge >= 0.3 is 14.8 Å². The summed E-state index contributed by atoms with van der Waals surface area (Å²) in [5.41, 5.74) is 4.01. The topological polar surface area (TPSA) is 66.0 Å². The molecule has 0 fully saturated rings. The van der Waals surface area contributed by atoms with Gasteiger partial charge in [-0.3, -0.25) is 0 Å². The Kier molecular flexibility index (Phi) is 11.3. The lowest BCUT2D eigenvalue weighted by molar-refractivity contribution is -0.138. The average molecular weight is 538 g/mol. The number of rotatable bonds is 14. The minimum atomic E-state index is -2.89. The van der Waals surface area contributed by atoms with Crippen LogP contribution >= 0.6 is 0 Å². The maximum absolute atomic E-state index is 12.6. The van der Waals surface area contributed by atoms with E-state index in [1.54, 1.807) is 0 Å². The first-order valence-corrected chi connectivity index (χ1v) is 15.6. The van der Waals surface area contributed by atoms with Crippen LogP contribution in [0.1, 0.15) is 54.4 Å². The Morgan fingerprint density at radius 3 is 1.97 bits per heavy atom. The number of benzene rings is 2. The van der Waals surface area contributed by atoms with E-state index in [2.05, 4.69) is 41.7 Å². The second-order valence-corrected chi connectivity index (χ2v) is 12.9. The summed E-state index contributed by atoms with van der Waals surface area (Å²) in [7, 11) is -2.89. The third-order valence-electron chi connectivity index (χ3n) is 5.79. The van der Waals surface area contributed by atoms with Crippen LogP contribution in [0.25, 0.3) is 11.1 Å². The van der Waals surface area contributed by atoms with Crippen LogP contribution in [0.2, 0.25) is 6.04 Å². The molecule has 0 aromatic heterocycles. The van der Waals surface area contributed by atoms with Crippen molar-refractivity contribution in [3.8, 4) is 11.1 Å². The molecule has 7 heteroatoms. The van der Waals surface area contributed by atoms with Crippen LogP contribution in [-0.2, 0) is 22.8 Å². The summed E-state index contributed by atoms with van der Waals surface area (Å²) in [6.45, 7) is 12.2. The van der Waals surface area contributed by atoms with Crippen LogP contribution in [0.15, 0.2) is 78.4 Å². The van der Waals surface area contributed by atoms with E-state index in [4.69, 9.17) is 18.0 Å². The van der Waals surface area contributed by atoms with E-state index in [1.165, 1.54) is 11.1 Å². The largest absolute Gasteiger partial charge is 0.501 e. The smallest absolute Gasteiger partial charge is 0.462 e. The van der Waals surface area contributed by atoms with Crippen molar-refractivity contribution in [1.29, 1.82) is 0 Å². The molecule has 1 atom stereocenters. The third-order valence-corrected chi connectivity index (χ3v) is 9.24. The number of nitrogens with one attached hydrogen (secondary N) is 1. The molecular weight excluding hydrogens is 494 g/mol. The zero-order valence-corrected chi connectivity index (χ0v) is 24.6. The lowest BCUT2D eigenvalue weighted by Crippen LogP contribution is -2.50. The van der Waals surface area contributed by atoms with Crippen molar-refractivity contribution in [3.63, 3.8) is 0 Å². The van der Waals surface area contributed by atoms with E-state index in [1.807, 2.05) is 78.0 Å². The molecule has 1 N–H and O–H groups in total. The number of hydrogen-bond donors (Lipinski definition) is 1. The van der Waals surface area contributed by atoms with Gasteiger partial charge in [-0.25, -0.2) is 4.79 Å². The molecule has 2 aromatic rings. The Morgan fingerprint density at radius 2 is 1.45 bits per heavy atom. The highest BCUT2D eigenvalue weighted by Gasteiger charge is 2.43. The number of hydrogen-bond acceptors (Lipinski definition) is 6. The summed E-state index contributed by atoms with van der Waals surface area (Å²) in [6.07, 6.45) is 7.08. The minimum Gasteiger partial charge on any atom is -0.462 e. The average Bonchev–Trinajstić information content (AvgIpc) is 2.87. The van der Waals surface area contributed by atoms with Gasteiger partial charge in [0, 0.05) is 36.1 Å². The third kappa shape index (κ3) is 9.55. The Morgan fingerprint density at radius 1 is 0.868 bits per heavy atom. The van der Waals surface area contributed by atoms with Crippen LogP contribution in [0.4, 0.5) is 5.69 Å². The molecule has 0 aliphatic heterocycles. The van der Waals surface area contributed by atoms with Gasteiger partial charge < -0.3 is 23.3 Å². The molecule has 38 heavy (non-hydrogen) atoms. The van der Waals surface area contributed by atoms with Gasteiger partial charge in [0.05, 0.1) is 12.2 Å². The maximum atomic E-state index is 12.6. The summed E-state index contributed by atoms with van der Waals surface area (Å²) >= 11 is 0. The molecule has 1 aliphatic rings. The number of carbonyl (C=O) groups excluding carboxylic acids is 1. The summed E-state index contributed by atoms with van der Waals surface area (Å²) < 4.78 is 24.2. The van der Waals surface area contributed by atoms with Crippen molar-refractivity contribution in [3.05, 3.63) is 78.4 Å². The van der Waals surface area contributed by atoms with Crippen LogP contribution in [0.5, 0.6) is 0 Å². The molecule has 6 nitrogen and oxygen atoms in total. The highest BCUT2D eigenvalue weighted by atomic mass is 28.4. The summed E-state index contributed by atoms with van der Waals surface area (Å²) in [5.74, 6) is -0.307. The molecule has 0 spiro atoms. The van der Waals surface area contributed by atoms with Gasteiger partial charge in [0.1, 0.15) is 0 Å². The van der Waals surface area contributed by atoms with E-state index < -0.39 is 8.80 Å². The second-order valence-electron chi connectivity index (χ2n) is 10.4. The molecule has 0 heterocycles. The molecule has 0 saturated carbocycles. The maximum Gasteiger partial charge on any atom is 0.501 e. The van der Waals surface area contributed by atoms with Crippen molar-refractivity contribution in [2.24, 2.45) is 0 Å². The lowest BCUT2D eigenvalue weighted by atomic mass is 10.0. The van der Waals surface area contributed by atoms with Gasteiger partial charge in [-0.2, -0.15) is 0 Å². The first kappa shape index (κ1) is 29.8. The zero-order valence-electron chi connectivity index (χ0n) is 23.6. The summed E-state index contributed by atoms with van der Waals surface area (Å²) in [4.78, 5) is 12.6. The van der Waals surface area contributed by atoms with Gasteiger partial charge in [0.2, 0.25) is 0 Å². The molecular formula is C31H43NO5Si. The highest BCUT2D eigenvalue weighted by molar-refractivity contribution is 6.60. The van der Waals surface area contributed by atoms with Gasteiger partial charge in [-0.1, -0.05) is 54.6 Å². The van der Waals surface area contributed by atoms with Crippen LogP contribution in [0.3, 0.4) is 0 Å². The van der Waals surface area contributed by atoms with E-state index in [9.17, 15) is 4.79 Å². The number of anilines is 1. The van der Waals surface area contributed by atoms with Crippen molar-refractivity contribution in [2.45, 2.75) is 84.8 Å². The van der Waals surface area contributed by atoms with Gasteiger partial charge in [0.15, 0.2) is 0 Å². The molecule has 0 radical (unpaired) electrons. The number of esters is 1. The summed E-state index contributed by atoms with van der Waals surface area (Å²) in [6, 6.07) is 19.4. The molecule has 1 unspecified atom stereocenters. The van der Waals surface area contributed by atoms with Gasteiger partial charge in [0.25, 0.3) is 0 Å². The summed E-state index contributed by atoms with van der Waals surface area (Å²) in [5, 5.41) is 3.51. The molecule has 206 valence electrons. The fourth-order valence-electron chi connectivity index (χ4n) is 4.36. The predicted octanol–water partition coefficient (Wildman–Crippen LogP) is 7.17. The Balaban J connectivity index is 1.46. The fourth-order valence-corrected chi connectivity index (χ4v) is 7.61. The van der Waals surface area contributed by atoms with E-state index >= 15 is 0 Å². The molecule has 0 bridgehead atoms. The van der Waals surface area contributed by atoms with Crippen molar-refractivity contribution >= 4 is 20.5 Å². The highest BCUT2D eigenvalue weighted by Crippen LogP contribution is 2.25. The standard InChI is InChI=1S/C31H43NO5Si/c1-23(2)35-38(36-24(3)4,37-25(5)6)22-10-21-34-31(33)28-15-19-30(20-16-28)32-29-17-13-27(14-18-29)26-11-8-7-9-12-26/h7-9,11-19,23-25,30,32H,10,20-22H2,1-6H3. The van der Waals surface area contributed by atoms with Crippen LogP contribution in [-0.4, -0.2) is 45.7 Å². The number of ether oxygens (including phenoxy) is 1. The van der Waals surface area contributed by atoms with Gasteiger partial charge in [-0.05, 0) is 83.7 Å². The monoisotopic (exact) mass is 537 g/mol. The normalized spacial score (nSPS) is 15.7. The van der Waals surface area contributed by atoms with E-state index in [-0.39, 0.29) is 30.3 Å². The molecule has 2 aromatic carbocycles. The van der Waals surface area contributed by atoms with Crippen molar-refractivity contribution < 1.29 is 22.8 Å². The molecule has 0 saturated heterocycles. The van der Waals surface area contributed by atoms with E-state index in [0.717, 1.165) is 5.69 Å². The number of carbonyl (C=O) groups is 1. The Hall–Kier alpha value is -2.71. The van der Waals surface area contributed by atoms with Crippen LogP contribution in [0, 0.1) is 0 Å². The Bertz CT molecular complexity index is 1040. The molecule has 0 amide bonds. The fraction of sp³-hybridized carbons (Fsp3) is 0.452. The zero-order chi connectivity index (χ0) is 27.5. The second kappa shape index (κ2) is 14.4. The lowest BCUT2D eigenvalue weighted by Gasteiger charge is -2.34. The molecule has 1 aliphatic carbocycles. The molecule has 3 rings (SSSR count). The van der Waals surface area contributed by atoms with Crippen LogP contribution < -0.4 is 5.32 Å². The van der Waals surface area contributed by atoms with Crippen molar-refractivity contribution in [2.75, 3.05) is 11.9 Å². The van der Waals surface area contributed by atoms with Crippen molar-refractivity contribution in [1.82, 2.24) is 0 Å². The minimum absolute atomic E-state index is 0.0115. The first-order valence-electron chi connectivity index (χ1n) is 13.7. The van der Waals surface area contributed by atoms with Gasteiger partial charge in [-0.15, -0.1) is 0 Å². The first-order chi connectivity index (χ1) is 18.2. The van der Waals surface area contributed by atoms with E-state index in [0.29, 0.717) is 31.1 Å². The Labute approximate surface area is 229 Å². The predicted molar refractivity (Wildman–Crippen MR) is 156 cm³/mol. The SMILES string of the molecule is CC(C)O[Si](CCCOC(=O)C1=CCC(Nc2ccc(-c3ccccc3)cc2)C=C1)(OC(C)C)OC(C)C. The quantitative estimate of drug-likeness (QED) is 0.157.